The summed E-state index contributed by atoms with van der Waals surface area (Å²) in [5.74, 6) is -1.53. The first-order chi connectivity index (χ1) is 9.31. The van der Waals surface area contributed by atoms with Crippen LogP contribution in [0.1, 0.15) is 36.6 Å². The van der Waals surface area contributed by atoms with Crippen LogP contribution in [0.2, 0.25) is 0 Å². The summed E-state index contributed by atoms with van der Waals surface area (Å²) in [6.45, 7) is 7.33. The van der Waals surface area contributed by atoms with Crippen molar-refractivity contribution < 1.29 is 19.4 Å². The van der Waals surface area contributed by atoms with Crippen molar-refractivity contribution in [3.05, 3.63) is 34.9 Å². The van der Waals surface area contributed by atoms with Crippen LogP contribution >= 0.6 is 0 Å². The number of nitrogens with one attached hydrogen (secondary N) is 1. The molecule has 0 aromatic heterocycles. The quantitative estimate of drug-likeness (QED) is 0.834. The number of carboxylic acid groups (broad SMARTS) is 1. The van der Waals surface area contributed by atoms with Gasteiger partial charge in [0.05, 0.1) is 6.10 Å². The summed E-state index contributed by atoms with van der Waals surface area (Å²) in [6.07, 6.45) is -0.0781. The summed E-state index contributed by atoms with van der Waals surface area (Å²) in [4.78, 5) is 23.0. The number of carbonyl (C=O) groups excluding carboxylic acids is 1. The van der Waals surface area contributed by atoms with Gasteiger partial charge in [0, 0.05) is 0 Å². The van der Waals surface area contributed by atoms with Crippen molar-refractivity contribution in [3.63, 3.8) is 0 Å². The molecule has 0 spiro atoms. The molecular weight excluding hydrogens is 258 g/mol. The molecule has 0 saturated heterocycles. The van der Waals surface area contributed by atoms with Crippen molar-refractivity contribution in [3.8, 4) is 0 Å². The Morgan fingerprint density at radius 1 is 1.25 bits per heavy atom. The standard InChI is InChI=1S/C15H21NO4/c1-9(2)20-8-13(17)16-14(15(18)19)12-6-5-10(3)11(4)7-12/h5-7,9,14H,8H2,1-4H3,(H,16,17)(H,18,19). The fourth-order valence-corrected chi connectivity index (χ4v) is 1.68. The maximum atomic E-state index is 11.7. The minimum atomic E-state index is -1.09. The van der Waals surface area contributed by atoms with E-state index < -0.39 is 17.9 Å². The van der Waals surface area contributed by atoms with E-state index in [9.17, 15) is 14.7 Å². The first kappa shape index (κ1) is 16.2. The summed E-state index contributed by atoms with van der Waals surface area (Å²) in [5.41, 5.74) is 2.62. The fraction of sp³-hybridized carbons (Fsp3) is 0.467. The van der Waals surface area contributed by atoms with E-state index in [2.05, 4.69) is 5.32 Å². The van der Waals surface area contributed by atoms with Crippen molar-refractivity contribution in [1.82, 2.24) is 5.32 Å². The normalized spacial score (nSPS) is 12.2. The van der Waals surface area contributed by atoms with E-state index in [4.69, 9.17) is 4.74 Å². The summed E-state index contributed by atoms with van der Waals surface area (Å²) >= 11 is 0. The topological polar surface area (TPSA) is 75.6 Å². The zero-order valence-electron chi connectivity index (χ0n) is 12.3. The molecule has 0 fully saturated rings. The summed E-state index contributed by atoms with van der Waals surface area (Å²) in [5, 5.41) is 11.7. The molecule has 5 nitrogen and oxygen atoms in total. The number of benzene rings is 1. The van der Waals surface area contributed by atoms with E-state index in [-0.39, 0.29) is 12.7 Å². The number of carbonyl (C=O) groups is 2. The largest absolute Gasteiger partial charge is 0.479 e. The molecule has 0 aliphatic rings. The van der Waals surface area contributed by atoms with Crippen LogP contribution in [0.3, 0.4) is 0 Å². The predicted octanol–water partition coefficient (Wildman–Crippen LogP) is 1.97. The second-order valence-corrected chi connectivity index (χ2v) is 5.04. The third-order valence-electron chi connectivity index (χ3n) is 2.96. The van der Waals surface area contributed by atoms with Crippen molar-refractivity contribution in [2.24, 2.45) is 0 Å². The van der Waals surface area contributed by atoms with Crippen LogP contribution in [0, 0.1) is 13.8 Å². The lowest BCUT2D eigenvalue weighted by molar-refractivity contribution is -0.143. The van der Waals surface area contributed by atoms with E-state index >= 15 is 0 Å². The predicted molar refractivity (Wildman–Crippen MR) is 75.5 cm³/mol. The Kier molecular flexibility index (Phi) is 5.70. The molecule has 2 N–H and O–H groups in total. The van der Waals surface area contributed by atoms with E-state index in [1.807, 2.05) is 33.8 Å². The SMILES string of the molecule is Cc1ccc(C(NC(=O)COC(C)C)C(=O)O)cc1C. The second kappa shape index (κ2) is 7.05. The molecule has 0 aliphatic carbocycles. The molecule has 0 bridgehead atoms. The summed E-state index contributed by atoms with van der Waals surface area (Å²) in [7, 11) is 0. The van der Waals surface area contributed by atoms with Gasteiger partial charge in [-0.25, -0.2) is 4.79 Å². The van der Waals surface area contributed by atoms with Gasteiger partial charge in [0.1, 0.15) is 6.61 Å². The van der Waals surface area contributed by atoms with Gasteiger partial charge < -0.3 is 15.2 Å². The first-order valence-electron chi connectivity index (χ1n) is 6.52. The van der Waals surface area contributed by atoms with Gasteiger partial charge in [0.15, 0.2) is 6.04 Å². The highest BCUT2D eigenvalue weighted by Gasteiger charge is 2.22. The van der Waals surface area contributed by atoms with Crippen LogP contribution in [-0.2, 0) is 14.3 Å². The van der Waals surface area contributed by atoms with Crippen LogP contribution in [0.5, 0.6) is 0 Å². The summed E-state index contributed by atoms with van der Waals surface area (Å²) in [6, 6.07) is 4.28. The highest BCUT2D eigenvalue weighted by Crippen LogP contribution is 2.17. The molecule has 0 heterocycles. The van der Waals surface area contributed by atoms with Gasteiger partial charge in [-0.05, 0) is 44.4 Å². The minimum absolute atomic E-state index is 0.0781. The van der Waals surface area contributed by atoms with Crippen LogP contribution in [0.15, 0.2) is 18.2 Å². The number of ether oxygens (including phenoxy) is 1. The van der Waals surface area contributed by atoms with E-state index in [1.165, 1.54) is 0 Å². The number of aryl methyl sites for hydroxylation is 2. The molecule has 0 radical (unpaired) electrons. The third kappa shape index (κ3) is 4.66. The molecule has 20 heavy (non-hydrogen) atoms. The Morgan fingerprint density at radius 3 is 2.40 bits per heavy atom. The van der Waals surface area contributed by atoms with Gasteiger partial charge in [-0.2, -0.15) is 0 Å². The zero-order valence-corrected chi connectivity index (χ0v) is 12.3. The van der Waals surface area contributed by atoms with E-state index in [0.717, 1.165) is 11.1 Å². The molecule has 5 heteroatoms. The lowest BCUT2D eigenvalue weighted by Gasteiger charge is -2.16. The number of hydrogen-bond donors (Lipinski definition) is 2. The van der Waals surface area contributed by atoms with Gasteiger partial charge in [-0.3, -0.25) is 4.79 Å². The number of carboxylic acids is 1. The van der Waals surface area contributed by atoms with E-state index in [1.54, 1.807) is 12.1 Å². The smallest absolute Gasteiger partial charge is 0.330 e. The lowest BCUT2D eigenvalue weighted by Crippen LogP contribution is -2.36. The molecule has 1 amide bonds. The summed E-state index contributed by atoms with van der Waals surface area (Å²) < 4.78 is 5.16. The highest BCUT2D eigenvalue weighted by molar-refractivity contribution is 5.85. The first-order valence-corrected chi connectivity index (χ1v) is 6.52. The Bertz CT molecular complexity index is 497. The van der Waals surface area contributed by atoms with Crippen molar-refractivity contribution >= 4 is 11.9 Å². The van der Waals surface area contributed by atoms with E-state index in [0.29, 0.717) is 5.56 Å². The number of rotatable bonds is 6. The van der Waals surface area contributed by atoms with Crippen molar-refractivity contribution in [1.29, 1.82) is 0 Å². The third-order valence-corrected chi connectivity index (χ3v) is 2.96. The molecule has 110 valence electrons. The average Bonchev–Trinajstić information content (AvgIpc) is 2.36. The molecule has 0 saturated carbocycles. The highest BCUT2D eigenvalue weighted by atomic mass is 16.5. The van der Waals surface area contributed by atoms with Crippen LogP contribution in [0.25, 0.3) is 0 Å². The number of hydrogen-bond acceptors (Lipinski definition) is 3. The molecule has 0 aliphatic heterocycles. The molecule has 1 rings (SSSR count). The average molecular weight is 279 g/mol. The van der Waals surface area contributed by atoms with Gasteiger partial charge in [-0.1, -0.05) is 18.2 Å². The maximum absolute atomic E-state index is 11.7. The number of amides is 1. The Labute approximate surface area is 118 Å². The Morgan fingerprint density at radius 2 is 1.90 bits per heavy atom. The zero-order chi connectivity index (χ0) is 15.3. The molecule has 1 atom stereocenters. The van der Waals surface area contributed by atoms with Gasteiger partial charge in [0.2, 0.25) is 5.91 Å². The minimum Gasteiger partial charge on any atom is -0.479 e. The molecule has 1 unspecified atom stereocenters. The monoisotopic (exact) mass is 279 g/mol. The van der Waals surface area contributed by atoms with Crippen LogP contribution < -0.4 is 5.32 Å². The molecule has 1 aromatic rings. The Balaban J connectivity index is 2.81. The molecular formula is C15H21NO4. The van der Waals surface area contributed by atoms with Gasteiger partial charge >= 0.3 is 5.97 Å². The van der Waals surface area contributed by atoms with Gasteiger partial charge in [0.25, 0.3) is 0 Å². The maximum Gasteiger partial charge on any atom is 0.330 e. The van der Waals surface area contributed by atoms with Gasteiger partial charge in [-0.15, -0.1) is 0 Å². The van der Waals surface area contributed by atoms with Crippen LogP contribution in [-0.4, -0.2) is 29.7 Å². The fourth-order valence-electron chi connectivity index (χ4n) is 1.68. The van der Waals surface area contributed by atoms with Crippen LogP contribution in [0.4, 0.5) is 0 Å². The van der Waals surface area contributed by atoms with Crippen molar-refractivity contribution in [2.75, 3.05) is 6.61 Å². The Hall–Kier alpha value is -1.88. The lowest BCUT2D eigenvalue weighted by atomic mass is 10.0. The number of aliphatic carboxylic acids is 1. The molecule has 1 aromatic carbocycles. The second-order valence-electron chi connectivity index (χ2n) is 5.04. The van der Waals surface area contributed by atoms with Crippen molar-refractivity contribution in [2.45, 2.75) is 39.8 Å².